The minimum atomic E-state index is 0.170. The van der Waals surface area contributed by atoms with E-state index in [2.05, 4.69) is 57.0 Å². The molecule has 0 saturated heterocycles. The lowest BCUT2D eigenvalue weighted by atomic mass is 10.0. The van der Waals surface area contributed by atoms with Gasteiger partial charge in [-0.2, -0.15) is 0 Å². The Hall–Kier alpha value is -1.02. The van der Waals surface area contributed by atoms with Crippen LogP contribution < -0.4 is 10.6 Å². The molecule has 2 N–H and O–H groups in total. The van der Waals surface area contributed by atoms with E-state index in [0.717, 1.165) is 6.42 Å². The lowest BCUT2D eigenvalue weighted by Crippen LogP contribution is -2.25. The van der Waals surface area contributed by atoms with Gasteiger partial charge >= 0.3 is 0 Å². The molecule has 0 bridgehead atoms. The standard InChI is InChI=1S/C13H22N2/c1-5-13(14)11-6-8-12(9-7-11)15(4)10(2)3/h6-10,13H,5,14H2,1-4H3/t13-/m1/s1. The monoisotopic (exact) mass is 206 g/mol. The molecule has 15 heavy (non-hydrogen) atoms. The van der Waals surface area contributed by atoms with Crippen LogP contribution in [0.1, 0.15) is 38.8 Å². The molecule has 0 saturated carbocycles. The first kappa shape index (κ1) is 12.1. The molecular weight excluding hydrogens is 184 g/mol. The second-order valence-electron chi connectivity index (χ2n) is 4.31. The SMILES string of the molecule is CC[C@@H](N)c1ccc(N(C)C(C)C)cc1. The van der Waals surface area contributed by atoms with Crippen molar-refractivity contribution in [2.75, 3.05) is 11.9 Å². The summed E-state index contributed by atoms with van der Waals surface area (Å²) in [6, 6.07) is 9.24. The molecule has 0 aliphatic rings. The van der Waals surface area contributed by atoms with Crippen molar-refractivity contribution in [2.24, 2.45) is 5.73 Å². The minimum Gasteiger partial charge on any atom is -0.372 e. The van der Waals surface area contributed by atoms with Gasteiger partial charge in [0.25, 0.3) is 0 Å². The number of hydrogen-bond donors (Lipinski definition) is 1. The van der Waals surface area contributed by atoms with E-state index in [-0.39, 0.29) is 6.04 Å². The van der Waals surface area contributed by atoms with E-state index < -0.39 is 0 Å². The molecule has 0 unspecified atom stereocenters. The van der Waals surface area contributed by atoms with Gasteiger partial charge in [0.1, 0.15) is 0 Å². The number of anilines is 1. The lowest BCUT2D eigenvalue weighted by molar-refractivity contribution is 0.697. The number of hydrogen-bond acceptors (Lipinski definition) is 2. The Kier molecular flexibility index (Phi) is 4.15. The van der Waals surface area contributed by atoms with Gasteiger partial charge in [0.15, 0.2) is 0 Å². The molecule has 84 valence electrons. The third kappa shape index (κ3) is 2.96. The van der Waals surface area contributed by atoms with Gasteiger partial charge in [-0.25, -0.2) is 0 Å². The van der Waals surface area contributed by atoms with Crippen LogP contribution in [0, 0.1) is 0 Å². The maximum Gasteiger partial charge on any atom is 0.0366 e. The maximum atomic E-state index is 5.97. The molecule has 0 aliphatic carbocycles. The van der Waals surface area contributed by atoms with Crippen LogP contribution in [-0.2, 0) is 0 Å². The highest BCUT2D eigenvalue weighted by molar-refractivity contribution is 5.47. The molecule has 0 spiro atoms. The van der Waals surface area contributed by atoms with Gasteiger partial charge < -0.3 is 10.6 Å². The third-order valence-corrected chi connectivity index (χ3v) is 2.94. The Labute approximate surface area is 93.1 Å². The van der Waals surface area contributed by atoms with Crippen LogP contribution in [0.4, 0.5) is 5.69 Å². The zero-order valence-corrected chi connectivity index (χ0v) is 10.2. The van der Waals surface area contributed by atoms with E-state index in [9.17, 15) is 0 Å². The summed E-state index contributed by atoms with van der Waals surface area (Å²) < 4.78 is 0. The second kappa shape index (κ2) is 5.17. The predicted octanol–water partition coefficient (Wildman–Crippen LogP) is 2.94. The summed E-state index contributed by atoms with van der Waals surface area (Å²) in [5.74, 6) is 0. The highest BCUT2D eigenvalue weighted by Crippen LogP contribution is 2.19. The zero-order chi connectivity index (χ0) is 11.4. The molecule has 1 atom stereocenters. The summed E-state index contributed by atoms with van der Waals surface area (Å²) in [7, 11) is 2.11. The molecule has 0 amide bonds. The molecule has 1 rings (SSSR count). The van der Waals surface area contributed by atoms with Gasteiger partial charge in [0.2, 0.25) is 0 Å². The van der Waals surface area contributed by atoms with Crippen molar-refractivity contribution < 1.29 is 0 Å². The molecule has 0 aliphatic heterocycles. The fraction of sp³-hybridized carbons (Fsp3) is 0.538. The van der Waals surface area contributed by atoms with Crippen LogP contribution in [-0.4, -0.2) is 13.1 Å². The van der Waals surface area contributed by atoms with Crippen molar-refractivity contribution in [3.63, 3.8) is 0 Å². The van der Waals surface area contributed by atoms with Gasteiger partial charge in [-0.1, -0.05) is 19.1 Å². The summed E-state index contributed by atoms with van der Waals surface area (Å²) in [5, 5.41) is 0. The van der Waals surface area contributed by atoms with E-state index in [0.29, 0.717) is 6.04 Å². The van der Waals surface area contributed by atoms with E-state index in [1.54, 1.807) is 0 Å². The Morgan fingerprint density at radius 3 is 2.13 bits per heavy atom. The summed E-state index contributed by atoms with van der Waals surface area (Å²) in [5.41, 5.74) is 8.43. The molecule has 0 fully saturated rings. The largest absolute Gasteiger partial charge is 0.372 e. The number of rotatable bonds is 4. The highest BCUT2D eigenvalue weighted by atomic mass is 15.1. The van der Waals surface area contributed by atoms with Crippen molar-refractivity contribution in [2.45, 2.75) is 39.3 Å². The van der Waals surface area contributed by atoms with E-state index in [1.807, 2.05) is 0 Å². The van der Waals surface area contributed by atoms with E-state index >= 15 is 0 Å². The number of benzene rings is 1. The van der Waals surface area contributed by atoms with Crippen molar-refractivity contribution in [1.29, 1.82) is 0 Å². The molecule has 0 aromatic heterocycles. The summed E-state index contributed by atoms with van der Waals surface area (Å²) in [6.45, 7) is 6.48. The quantitative estimate of drug-likeness (QED) is 0.820. The molecule has 0 heterocycles. The number of nitrogens with zero attached hydrogens (tertiary/aromatic N) is 1. The topological polar surface area (TPSA) is 29.3 Å². The van der Waals surface area contributed by atoms with Gasteiger partial charge in [0, 0.05) is 24.8 Å². The van der Waals surface area contributed by atoms with Gasteiger partial charge in [0.05, 0.1) is 0 Å². The highest BCUT2D eigenvalue weighted by Gasteiger charge is 2.06. The molecule has 2 nitrogen and oxygen atoms in total. The van der Waals surface area contributed by atoms with Crippen molar-refractivity contribution in [3.05, 3.63) is 29.8 Å². The first-order chi connectivity index (χ1) is 7.06. The van der Waals surface area contributed by atoms with E-state index in [1.165, 1.54) is 11.3 Å². The first-order valence-corrected chi connectivity index (χ1v) is 5.64. The van der Waals surface area contributed by atoms with Crippen molar-refractivity contribution >= 4 is 5.69 Å². The van der Waals surface area contributed by atoms with Crippen LogP contribution >= 0.6 is 0 Å². The summed E-state index contributed by atoms with van der Waals surface area (Å²) >= 11 is 0. The second-order valence-corrected chi connectivity index (χ2v) is 4.31. The van der Waals surface area contributed by atoms with Crippen LogP contribution in [0.2, 0.25) is 0 Å². The molecule has 1 aromatic rings. The predicted molar refractivity (Wildman–Crippen MR) is 67.2 cm³/mol. The van der Waals surface area contributed by atoms with Crippen LogP contribution in [0.15, 0.2) is 24.3 Å². The lowest BCUT2D eigenvalue weighted by Gasteiger charge is -2.24. The van der Waals surface area contributed by atoms with Crippen molar-refractivity contribution in [3.8, 4) is 0 Å². The minimum absolute atomic E-state index is 0.170. The smallest absolute Gasteiger partial charge is 0.0366 e. The molecular formula is C13H22N2. The fourth-order valence-corrected chi connectivity index (χ4v) is 1.49. The van der Waals surface area contributed by atoms with Crippen LogP contribution in [0.3, 0.4) is 0 Å². The van der Waals surface area contributed by atoms with E-state index in [4.69, 9.17) is 5.73 Å². The normalized spacial score (nSPS) is 12.9. The average Bonchev–Trinajstić information content (AvgIpc) is 2.27. The van der Waals surface area contributed by atoms with Gasteiger partial charge in [-0.05, 0) is 38.0 Å². The summed E-state index contributed by atoms with van der Waals surface area (Å²) in [6.07, 6.45) is 0.985. The molecule has 0 radical (unpaired) electrons. The van der Waals surface area contributed by atoms with Crippen LogP contribution in [0.25, 0.3) is 0 Å². The van der Waals surface area contributed by atoms with Crippen molar-refractivity contribution in [1.82, 2.24) is 0 Å². The Bertz CT molecular complexity index is 290. The summed E-state index contributed by atoms with van der Waals surface area (Å²) in [4.78, 5) is 2.25. The molecule has 1 aromatic carbocycles. The third-order valence-electron chi connectivity index (χ3n) is 2.94. The first-order valence-electron chi connectivity index (χ1n) is 5.64. The fourth-order valence-electron chi connectivity index (χ4n) is 1.49. The number of nitrogens with two attached hydrogens (primary N) is 1. The zero-order valence-electron chi connectivity index (χ0n) is 10.2. The van der Waals surface area contributed by atoms with Gasteiger partial charge in [-0.15, -0.1) is 0 Å². The Morgan fingerprint density at radius 1 is 1.20 bits per heavy atom. The van der Waals surface area contributed by atoms with Crippen LogP contribution in [0.5, 0.6) is 0 Å². The van der Waals surface area contributed by atoms with Gasteiger partial charge in [-0.3, -0.25) is 0 Å². The Balaban J connectivity index is 2.80. The Morgan fingerprint density at radius 2 is 1.73 bits per heavy atom. The average molecular weight is 206 g/mol. The molecule has 2 heteroatoms. The maximum absolute atomic E-state index is 5.97.